The Bertz CT molecular complexity index is 775. The topological polar surface area (TPSA) is 54.5 Å². The molecule has 9 heteroatoms. The number of benzene rings is 1. The van der Waals surface area contributed by atoms with Crippen molar-refractivity contribution in [1.29, 1.82) is 0 Å². The molecule has 0 bridgehead atoms. The maximum absolute atomic E-state index is 12.3. The Morgan fingerprint density at radius 3 is 2.79 bits per heavy atom. The first-order chi connectivity index (χ1) is 12.9. The number of aromatic nitrogens is 1. The third-order valence-electron chi connectivity index (χ3n) is 4.35. The van der Waals surface area contributed by atoms with Gasteiger partial charge in [0.25, 0.3) is 0 Å². The van der Waals surface area contributed by atoms with E-state index in [0.717, 1.165) is 5.69 Å². The number of hydrogen-bond acceptors (Lipinski definition) is 4. The summed E-state index contributed by atoms with van der Waals surface area (Å²) in [5.41, 5.74) is 1.51. The van der Waals surface area contributed by atoms with Crippen LogP contribution < -0.4 is 10.1 Å². The Hall–Kier alpha value is -2.32. The Morgan fingerprint density at radius 2 is 2.07 bits per heavy atom. The van der Waals surface area contributed by atoms with Crippen molar-refractivity contribution >= 4 is 18.3 Å². The summed E-state index contributed by atoms with van der Waals surface area (Å²) in [4.78, 5) is 18.5. The molecule has 1 aliphatic rings. The van der Waals surface area contributed by atoms with Gasteiger partial charge in [0.15, 0.2) is 0 Å². The molecule has 0 aliphatic carbocycles. The first-order valence-electron chi connectivity index (χ1n) is 8.64. The minimum Gasteiger partial charge on any atom is -0.406 e. The fraction of sp³-hybridized carbons (Fsp3) is 0.368. The standard InChI is InChI=1S/C19H20F3N3O2.ClH/c20-19(21,22)27-17-6-3-4-14(10-17)12-25-9-7-15(13-25)18(26)24-11-16-5-1-2-8-23-16;/h1-6,8,10,15H,7,9,11-13H2,(H,24,26);1H. The van der Waals surface area contributed by atoms with Crippen LogP contribution in [-0.4, -0.2) is 35.2 Å². The van der Waals surface area contributed by atoms with E-state index < -0.39 is 6.36 Å². The molecule has 3 rings (SSSR count). The number of carbonyl (C=O) groups is 1. The van der Waals surface area contributed by atoms with E-state index in [4.69, 9.17) is 0 Å². The van der Waals surface area contributed by atoms with Crippen LogP contribution in [0.4, 0.5) is 13.2 Å². The third-order valence-corrected chi connectivity index (χ3v) is 4.35. The number of ether oxygens (including phenoxy) is 1. The second-order valence-corrected chi connectivity index (χ2v) is 6.45. The number of carbonyl (C=O) groups excluding carboxylic acids is 1. The van der Waals surface area contributed by atoms with Crippen molar-refractivity contribution in [2.24, 2.45) is 5.92 Å². The summed E-state index contributed by atoms with van der Waals surface area (Å²) in [5.74, 6) is -0.399. The largest absolute Gasteiger partial charge is 0.573 e. The van der Waals surface area contributed by atoms with Crippen molar-refractivity contribution < 1.29 is 22.7 Å². The Balaban J connectivity index is 0.00000280. The van der Waals surface area contributed by atoms with Crippen LogP contribution in [0.25, 0.3) is 0 Å². The van der Waals surface area contributed by atoms with Gasteiger partial charge in [-0.25, -0.2) is 0 Å². The van der Waals surface area contributed by atoms with Crippen LogP contribution in [0.3, 0.4) is 0 Å². The minimum atomic E-state index is -4.71. The molecule has 5 nitrogen and oxygen atoms in total. The van der Waals surface area contributed by atoms with Crippen molar-refractivity contribution in [3.8, 4) is 5.75 Å². The fourth-order valence-electron chi connectivity index (χ4n) is 3.11. The molecule has 1 N–H and O–H groups in total. The summed E-state index contributed by atoms with van der Waals surface area (Å²) in [5, 5.41) is 2.89. The molecule has 2 aromatic rings. The van der Waals surface area contributed by atoms with Crippen LogP contribution in [0.2, 0.25) is 0 Å². The van der Waals surface area contributed by atoms with Gasteiger partial charge in [0, 0.05) is 19.3 Å². The number of nitrogens with zero attached hydrogens (tertiary/aromatic N) is 2. The average molecular weight is 416 g/mol. The second kappa shape index (κ2) is 9.75. The highest BCUT2D eigenvalue weighted by molar-refractivity contribution is 5.85. The number of pyridine rings is 1. The van der Waals surface area contributed by atoms with Crippen molar-refractivity contribution in [2.75, 3.05) is 13.1 Å². The second-order valence-electron chi connectivity index (χ2n) is 6.45. The monoisotopic (exact) mass is 415 g/mol. The lowest BCUT2D eigenvalue weighted by atomic mass is 10.1. The molecule has 2 heterocycles. The first-order valence-corrected chi connectivity index (χ1v) is 8.64. The molecular weight excluding hydrogens is 395 g/mol. The molecule has 1 aliphatic heterocycles. The molecule has 1 atom stereocenters. The van der Waals surface area contributed by atoms with Crippen LogP contribution in [-0.2, 0) is 17.9 Å². The molecule has 0 saturated carbocycles. The van der Waals surface area contributed by atoms with Crippen LogP contribution in [0.15, 0.2) is 48.7 Å². The van der Waals surface area contributed by atoms with E-state index in [-0.39, 0.29) is 30.0 Å². The van der Waals surface area contributed by atoms with Gasteiger partial charge >= 0.3 is 6.36 Å². The molecular formula is C19H21ClF3N3O2. The minimum absolute atomic E-state index is 0. The smallest absolute Gasteiger partial charge is 0.406 e. The van der Waals surface area contributed by atoms with E-state index in [1.807, 2.05) is 18.2 Å². The zero-order chi connectivity index (χ0) is 19.3. The normalized spacial score (nSPS) is 17.0. The zero-order valence-electron chi connectivity index (χ0n) is 15.0. The summed E-state index contributed by atoms with van der Waals surface area (Å²) >= 11 is 0. The van der Waals surface area contributed by atoms with E-state index >= 15 is 0 Å². The maximum atomic E-state index is 12.3. The number of amides is 1. The molecule has 1 amide bonds. The van der Waals surface area contributed by atoms with Gasteiger partial charge in [0.1, 0.15) is 5.75 Å². The third kappa shape index (κ3) is 6.69. The van der Waals surface area contributed by atoms with Gasteiger partial charge in [0.2, 0.25) is 5.91 Å². The van der Waals surface area contributed by atoms with E-state index in [2.05, 4.69) is 19.9 Å². The van der Waals surface area contributed by atoms with Crippen LogP contribution >= 0.6 is 12.4 Å². The molecule has 0 radical (unpaired) electrons. The molecule has 28 heavy (non-hydrogen) atoms. The molecule has 0 spiro atoms. The molecule has 152 valence electrons. The van der Waals surface area contributed by atoms with Crippen LogP contribution in [0.5, 0.6) is 5.75 Å². The predicted molar refractivity (Wildman–Crippen MR) is 99.8 cm³/mol. The van der Waals surface area contributed by atoms with E-state index in [1.165, 1.54) is 18.2 Å². The highest BCUT2D eigenvalue weighted by atomic mass is 35.5. The molecule has 1 aromatic heterocycles. The van der Waals surface area contributed by atoms with Gasteiger partial charge in [-0.2, -0.15) is 0 Å². The number of halogens is 4. The van der Waals surface area contributed by atoms with Crippen LogP contribution in [0.1, 0.15) is 17.7 Å². The SMILES string of the molecule is Cl.O=C(NCc1ccccn1)C1CCN(Cc2cccc(OC(F)(F)F)c2)C1. The first kappa shape index (κ1) is 22.0. The molecule has 1 unspecified atom stereocenters. The molecule has 1 fully saturated rings. The van der Waals surface area contributed by atoms with Crippen LogP contribution in [0, 0.1) is 5.92 Å². The van der Waals surface area contributed by atoms with Crippen molar-refractivity contribution in [3.63, 3.8) is 0 Å². The molecule has 1 saturated heterocycles. The van der Waals surface area contributed by atoms with E-state index in [0.29, 0.717) is 38.2 Å². The van der Waals surface area contributed by atoms with E-state index in [1.54, 1.807) is 12.3 Å². The number of nitrogens with one attached hydrogen (secondary N) is 1. The maximum Gasteiger partial charge on any atom is 0.573 e. The number of likely N-dealkylation sites (tertiary alicyclic amines) is 1. The number of rotatable bonds is 6. The summed E-state index contributed by atoms with van der Waals surface area (Å²) in [7, 11) is 0. The van der Waals surface area contributed by atoms with E-state index in [9.17, 15) is 18.0 Å². The summed E-state index contributed by atoms with van der Waals surface area (Å²) in [6, 6.07) is 11.5. The van der Waals surface area contributed by atoms with Crippen molar-refractivity contribution in [2.45, 2.75) is 25.9 Å². The zero-order valence-corrected chi connectivity index (χ0v) is 15.8. The van der Waals surface area contributed by atoms with Crippen molar-refractivity contribution in [3.05, 3.63) is 59.9 Å². The van der Waals surface area contributed by atoms with Crippen molar-refractivity contribution in [1.82, 2.24) is 15.2 Å². The highest BCUT2D eigenvalue weighted by Crippen LogP contribution is 2.25. The number of hydrogen-bond donors (Lipinski definition) is 1. The predicted octanol–water partition coefficient (Wildman–Crippen LogP) is 3.54. The Kier molecular flexibility index (Phi) is 7.65. The lowest BCUT2D eigenvalue weighted by molar-refractivity contribution is -0.274. The molecule has 1 aromatic carbocycles. The summed E-state index contributed by atoms with van der Waals surface area (Å²) in [6.45, 7) is 2.14. The fourth-order valence-corrected chi connectivity index (χ4v) is 3.11. The Morgan fingerprint density at radius 1 is 1.25 bits per heavy atom. The van der Waals surface area contributed by atoms with Gasteiger partial charge in [-0.05, 0) is 42.8 Å². The van der Waals surface area contributed by atoms with Gasteiger partial charge in [-0.3, -0.25) is 14.7 Å². The lowest BCUT2D eigenvalue weighted by Crippen LogP contribution is -2.32. The summed E-state index contributed by atoms with van der Waals surface area (Å²) < 4.78 is 40.9. The summed E-state index contributed by atoms with van der Waals surface area (Å²) in [6.07, 6.45) is -2.31. The highest BCUT2D eigenvalue weighted by Gasteiger charge is 2.31. The number of alkyl halides is 3. The lowest BCUT2D eigenvalue weighted by Gasteiger charge is -2.17. The average Bonchev–Trinajstić information content (AvgIpc) is 3.08. The quantitative estimate of drug-likeness (QED) is 0.784. The Labute approximate surface area is 167 Å². The van der Waals surface area contributed by atoms with Gasteiger partial charge in [0.05, 0.1) is 18.2 Å². The van der Waals surface area contributed by atoms with Gasteiger partial charge in [-0.15, -0.1) is 25.6 Å². The van der Waals surface area contributed by atoms with Gasteiger partial charge in [-0.1, -0.05) is 18.2 Å². The van der Waals surface area contributed by atoms with Gasteiger partial charge < -0.3 is 10.1 Å².